The maximum atomic E-state index is 11.0. The molecule has 0 aliphatic carbocycles. The van der Waals surface area contributed by atoms with E-state index in [1.165, 1.54) is 12.0 Å². The number of carbonyl (C=O) groups is 1. The number of methoxy groups -OCH3 is 1. The minimum atomic E-state index is -0.381. The second-order valence-corrected chi connectivity index (χ2v) is 3.34. The summed E-state index contributed by atoms with van der Waals surface area (Å²) in [6.45, 7) is 2.91. The van der Waals surface area contributed by atoms with Gasteiger partial charge in [0.15, 0.2) is 0 Å². The summed E-state index contributed by atoms with van der Waals surface area (Å²) in [7, 11) is 2.99. The van der Waals surface area contributed by atoms with Gasteiger partial charge in [-0.1, -0.05) is 11.8 Å². The van der Waals surface area contributed by atoms with Gasteiger partial charge >= 0.3 is 6.09 Å². The smallest absolute Gasteiger partial charge is 0.410 e. The van der Waals surface area contributed by atoms with E-state index in [1.807, 2.05) is 11.5 Å². The highest BCUT2D eigenvalue weighted by atomic mass is 16.5. The number of imidazole rings is 1. The Bertz CT molecular complexity index is 414. The van der Waals surface area contributed by atoms with E-state index in [1.54, 1.807) is 19.6 Å². The van der Waals surface area contributed by atoms with E-state index in [2.05, 4.69) is 21.6 Å². The van der Waals surface area contributed by atoms with Crippen molar-refractivity contribution in [1.82, 2.24) is 14.5 Å². The van der Waals surface area contributed by atoms with Gasteiger partial charge in [-0.05, 0) is 6.92 Å². The average molecular weight is 221 g/mol. The summed E-state index contributed by atoms with van der Waals surface area (Å²) in [6.07, 6.45) is 3.13. The van der Waals surface area contributed by atoms with E-state index in [9.17, 15) is 4.79 Å². The Hall–Kier alpha value is -1.96. The molecule has 0 aliphatic rings. The lowest BCUT2D eigenvalue weighted by Crippen LogP contribution is -2.26. The lowest BCUT2D eigenvalue weighted by atomic mass is 10.5. The molecule has 1 aromatic rings. The first-order valence-electron chi connectivity index (χ1n) is 4.86. The van der Waals surface area contributed by atoms with Gasteiger partial charge < -0.3 is 14.2 Å². The molecule has 0 bridgehead atoms. The summed E-state index contributed by atoms with van der Waals surface area (Å²) in [4.78, 5) is 16.4. The number of rotatable bonds is 2. The molecule has 0 N–H and O–H groups in total. The van der Waals surface area contributed by atoms with E-state index in [4.69, 9.17) is 0 Å². The van der Waals surface area contributed by atoms with Crippen LogP contribution >= 0.6 is 0 Å². The van der Waals surface area contributed by atoms with Gasteiger partial charge in [-0.25, -0.2) is 9.78 Å². The van der Waals surface area contributed by atoms with Gasteiger partial charge in [0.2, 0.25) is 0 Å². The first-order valence-corrected chi connectivity index (χ1v) is 4.86. The number of hydrogen-bond acceptors (Lipinski definition) is 3. The Morgan fingerprint density at radius 3 is 2.94 bits per heavy atom. The molecular formula is C11H15N3O2. The van der Waals surface area contributed by atoms with Gasteiger partial charge in [0.1, 0.15) is 0 Å². The highest BCUT2D eigenvalue weighted by molar-refractivity contribution is 5.67. The quantitative estimate of drug-likeness (QED) is 0.697. The Morgan fingerprint density at radius 1 is 1.62 bits per heavy atom. The lowest BCUT2D eigenvalue weighted by molar-refractivity contribution is 0.138. The number of carbonyl (C=O) groups excluding carboxylic acids is 1. The monoisotopic (exact) mass is 221 g/mol. The molecule has 0 aromatic carbocycles. The summed E-state index contributed by atoms with van der Waals surface area (Å²) in [5, 5.41) is 0. The molecule has 1 aromatic heterocycles. The van der Waals surface area contributed by atoms with E-state index in [0.29, 0.717) is 13.1 Å². The van der Waals surface area contributed by atoms with Gasteiger partial charge in [-0.2, -0.15) is 0 Å². The highest BCUT2D eigenvalue weighted by Crippen LogP contribution is 1.94. The number of amides is 1. The standard InChI is InChI=1S/C11H15N3O2/c1-10-8-12-9-14(10)7-5-4-6-13(2)11(15)16-3/h8-9H,6-7H2,1-3H3. The van der Waals surface area contributed by atoms with Gasteiger partial charge in [0, 0.05) is 18.9 Å². The van der Waals surface area contributed by atoms with Crippen LogP contribution in [0.1, 0.15) is 5.69 Å². The molecule has 1 amide bonds. The second kappa shape index (κ2) is 5.81. The SMILES string of the molecule is COC(=O)N(C)CC#CCn1cncc1C. The van der Waals surface area contributed by atoms with Gasteiger partial charge in [-0.15, -0.1) is 0 Å². The molecule has 0 unspecified atom stereocenters. The molecule has 5 heteroatoms. The van der Waals surface area contributed by atoms with E-state index in [-0.39, 0.29) is 6.09 Å². The Morgan fingerprint density at radius 2 is 2.38 bits per heavy atom. The van der Waals surface area contributed by atoms with E-state index >= 15 is 0 Å². The molecule has 16 heavy (non-hydrogen) atoms. The van der Waals surface area contributed by atoms with Crippen molar-refractivity contribution in [3.8, 4) is 11.8 Å². The van der Waals surface area contributed by atoms with Crippen molar-refractivity contribution >= 4 is 6.09 Å². The van der Waals surface area contributed by atoms with Crippen LogP contribution in [0.25, 0.3) is 0 Å². The van der Waals surface area contributed by atoms with Crippen LogP contribution in [0.4, 0.5) is 4.79 Å². The summed E-state index contributed by atoms with van der Waals surface area (Å²) < 4.78 is 6.47. The van der Waals surface area contributed by atoms with Crippen molar-refractivity contribution < 1.29 is 9.53 Å². The maximum Gasteiger partial charge on any atom is 0.410 e. The maximum absolute atomic E-state index is 11.0. The average Bonchev–Trinajstić information content (AvgIpc) is 2.69. The van der Waals surface area contributed by atoms with Crippen LogP contribution in [0.2, 0.25) is 0 Å². The summed E-state index contributed by atoms with van der Waals surface area (Å²) in [6, 6.07) is 0. The number of ether oxygens (including phenoxy) is 1. The Kier molecular flexibility index (Phi) is 4.40. The molecule has 5 nitrogen and oxygen atoms in total. The summed E-state index contributed by atoms with van der Waals surface area (Å²) in [5.41, 5.74) is 1.07. The van der Waals surface area contributed by atoms with Crippen LogP contribution in [0.3, 0.4) is 0 Å². The molecule has 1 heterocycles. The van der Waals surface area contributed by atoms with Crippen molar-refractivity contribution in [2.24, 2.45) is 0 Å². The molecule has 0 atom stereocenters. The molecule has 0 aliphatic heterocycles. The predicted octanol–water partition coefficient (Wildman–Crippen LogP) is 0.893. The first kappa shape index (κ1) is 12.1. The minimum absolute atomic E-state index is 0.362. The first-order chi connectivity index (χ1) is 7.65. The molecule has 0 fully saturated rings. The zero-order valence-corrected chi connectivity index (χ0v) is 9.73. The van der Waals surface area contributed by atoms with Crippen molar-refractivity contribution in [3.05, 3.63) is 18.2 Å². The van der Waals surface area contributed by atoms with Crippen LogP contribution < -0.4 is 0 Å². The highest BCUT2D eigenvalue weighted by Gasteiger charge is 2.04. The summed E-state index contributed by atoms with van der Waals surface area (Å²) >= 11 is 0. The van der Waals surface area contributed by atoms with Gasteiger partial charge in [0.25, 0.3) is 0 Å². The molecular weight excluding hydrogens is 206 g/mol. The normalized spacial score (nSPS) is 9.19. The molecule has 0 saturated heterocycles. The third kappa shape index (κ3) is 3.31. The number of aryl methyl sites for hydroxylation is 1. The molecule has 86 valence electrons. The third-order valence-corrected chi connectivity index (χ3v) is 2.10. The number of aromatic nitrogens is 2. The second-order valence-electron chi connectivity index (χ2n) is 3.34. The number of nitrogens with zero attached hydrogens (tertiary/aromatic N) is 3. The largest absolute Gasteiger partial charge is 0.453 e. The van der Waals surface area contributed by atoms with Crippen molar-refractivity contribution in [2.75, 3.05) is 20.7 Å². The topological polar surface area (TPSA) is 47.4 Å². The fraction of sp³-hybridized carbons (Fsp3) is 0.455. The van der Waals surface area contributed by atoms with Crippen LogP contribution in [0, 0.1) is 18.8 Å². The van der Waals surface area contributed by atoms with E-state index < -0.39 is 0 Å². The van der Waals surface area contributed by atoms with Gasteiger partial charge in [0.05, 0.1) is 26.5 Å². The molecule has 0 saturated carbocycles. The van der Waals surface area contributed by atoms with Crippen molar-refractivity contribution in [2.45, 2.75) is 13.5 Å². The minimum Gasteiger partial charge on any atom is -0.453 e. The van der Waals surface area contributed by atoms with Gasteiger partial charge in [-0.3, -0.25) is 0 Å². The summed E-state index contributed by atoms with van der Waals surface area (Å²) in [5.74, 6) is 5.85. The molecule has 1 rings (SSSR count). The van der Waals surface area contributed by atoms with Crippen molar-refractivity contribution in [1.29, 1.82) is 0 Å². The molecule has 0 radical (unpaired) electrons. The van der Waals surface area contributed by atoms with Crippen LogP contribution in [0.15, 0.2) is 12.5 Å². The van der Waals surface area contributed by atoms with Crippen LogP contribution in [-0.4, -0.2) is 41.2 Å². The molecule has 0 spiro atoms. The van der Waals surface area contributed by atoms with Crippen LogP contribution in [-0.2, 0) is 11.3 Å². The lowest BCUT2D eigenvalue weighted by Gasteiger charge is -2.10. The fourth-order valence-corrected chi connectivity index (χ4v) is 1.09. The van der Waals surface area contributed by atoms with E-state index in [0.717, 1.165) is 5.69 Å². The zero-order chi connectivity index (χ0) is 12.0. The fourth-order valence-electron chi connectivity index (χ4n) is 1.09. The van der Waals surface area contributed by atoms with Crippen LogP contribution in [0.5, 0.6) is 0 Å². The Labute approximate surface area is 95.0 Å². The number of hydrogen-bond donors (Lipinski definition) is 0. The zero-order valence-electron chi connectivity index (χ0n) is 9.73. The van der Waals surface area contributed by atoms with Crippen molar-refractivity contribution in [3.63, 3.8) is 0 Å². The third-order valence-electron chi connectivity index (χ3n) is 2.10. The Balaban J connectivity index is 2.39. The predicted molar refractivity (Wildman–Crippen MR) is 59.8 cm³/mol.